The van der Waals surface area contributed by atoms with Gasteiger partial charge in [0.15, 0.2) is 0 Å². The highest BCUT2D eigenvalue weighted by atomic mass is 35.5. The highest BCUT2D eigenvalue weighted by Gasteiger charge is 2.39. The highest BCUT2D eigenvalue weighted by molar-refractivity contribution is 6.31. The lowest BCUT2D eigenvalue weighted by Gasteiger charge is -2.44. The summed E-state index contributed by atoms with van der Waals surface area (Å²) in [6.07, 6.45) is 1.43. The van der Waals surface area contributed by atoms with Gasteiger partial charge in [0, 0.05) is 33.9 Å². The second-order valence-electron chi connectivity index (χ2n) is 8.70. The Bertz CT molecular complexity index is 1150. The number of amides is 2. The molecule has 5 heteroatoms. The molecule has 1 aliphatic rings. The minimum absolute atomic E-state index is 0.0511. The van der Waals surface area contributed by atoms with E-state index < -0.39 is 0 Å². The van der Waals surface area contributed by atoms with E-state index >= 15 is 0 Å². The lowest BCUT2D eigenvalue weighted by atomic mass is 9.88. The third-order valence-corrected chi connectivity index (χ3v) is 6.70. The van der Waals surface area contributed by atoms with Gasteiger partial charge in [0.2, 0.25) is 5.91 Å². The van der Waals surface area contributed by atoms with E-state index in [1.54, 1.807) is 24.3 Å². The summed E-state index contributed by atoms with van der Waals surface area (Å²) in [4.78, 5) is 30.9. The van der Waals surface area contributed by atoms with Crippen LogP contribution in [0.4, 0.5) is 11.4 Å². The van der Waals surface area contributed by atoms with Gasteiger partial charge in [0.25, 0.3) is 5.91 Å². The summed E-state index contributed by atoms with van der Waals surface area (Å²) < 4.78 is 0. The molecule has 3 atom stereocenters. The van der Waals surface area contributed by atoms with Crippen LogP contribution in [0.25, 0.3) is 0 Å². The van der Waals surface area contributed by atoms with Crippen LogP contribution in [0.2, 0.25) is 5.02 Å². The molecule has 1 heterocycles. The van der Waals surface area contributed by atoms with Crippen LogP contribution in [0.3, 0.4) is 0 Å². The summed E-state index contributed by atoms with van der Waals surface area (Å²) in [5, 5.41) is 0.525. The summed E-state index contributed by atoms with van der Waals surface area (Å²) in [5.41, 5.74) is 3.21. The van der Waals surface area contributed by atoms with Gasteiger partial charge in [-0.2, -0.15) is 0 Å². The predicted octanol–water partition coefficient (Wildman–Crippen LogP) is 6.90. The van der Waals surface area contributed by atoms with Gasteiger partial charge in [0.05, 0.1) is 6.04 Å². The Kier molecular flexibility index (Phi) is 6.85. The van der Waals surface area contributed by atoms with Gasteiger partial charge >= 0.3 is 0 Å². The smallest absolute Gasteiger partial charge is 0.258 e. The molecule has 0 saturated carbocycles. The molecule has 0 spiro atoms. The second kappa shape index (κ2) is 9.80. The Morgan fingerprint density at radius 1 is 1.03 bits per heavy atom. The molecule has 0 fully saturated rings. The molecule has 4 nitrogen and oxygen atoms in total. The Labute approximate surface area is 200 Å². The van der Waals surface area contributed by atoms with E-state index in [-0.39, 0.29) is 29.8 Å². The van der Waals surface area contributed by atoms with Crippen LogP contribution in [-0.4, -0.2) is 17.9 Å². The molecule has 2 amide bonds. The lowest BCUT2D eigenvalue weighted by molar-refractivity contribution is -0.122. The molecule has 3 aromatic carbocycles. The number of hydrogen-bond acceptors (Lipinski definition) is 2. The Morgan fingerprint density at radius 2 is 1.73 bits per heavy atom. The zero-order chi connectivity index (χ0) is 23.5. The molecule has 0 bridgehead atoms. The number of halogens is 1. The van der Waals surface area contributed by atoms with Gasteiger partial charge in [-0.05, 0) is 61.7 Å². The highest BCUT2D eigenvalue weighted by Crippen LogP contribution is 2.43. The number of para-hydroxylation sites is 2. The zero-order valence-electron chi connectivity index (χ0n) is 19.2. The fraction of sp³-hybridized carbons (Fsp3) is 0.286. The average Bonchev–Trinajstić information content (AvgIpc) is 2.84. The van der Waals surface area contributed by atoms with Gasteiger partial charge in [0.1, 0.15) is 0 Å². The minimum atomic E-state index is -0.217. The number of anilines is 2. The van der Waals surface area contributed by atoms with Crippen molar-refractivity contribution in [3.05, 3.63) is 95.0 Å². The molecule has 4 rings (SSSR count). The third-order valence-electron chi connectivity index (χ3n) is 6.47. The first-order valence-electron chi connectivity index (χ1n) is 11.5. The Balaban J connectivity index is 1.83. The van der Waals surface area contributed by atoms with E-state index in [0.717, 1.165) is 23.4 Å². The van der Waals surface area contributed by atoms with Crippen molar-refractivity contribution in [1.29, 1.82) is 0 Å². The third kappa shape index (κ3) is 4.53. The number of carbonyl (C=O) groups excluding carboxylic acids is 2. The fourth-order valence-corrected chi connectivity index (χ4v) is 4.75. The van der Waals surface area contributed by atoms with E-state index in [9.17, 15) is 9.59 Å². The van der Waals surface area contributed by atoms with Crippen LogP contribution >= 0.6 is 11.6 Å². The van der Waals surface area contributed by atoms with Crippen molar-refractivity contribution in [3.63, 3.8) is 0 Å². The van der Waals surface area contributed by atoms with E-state index in [2.05, 4.69) is 6.92 Å². The maximum Gasteiger partial charge on any atom is 0.258 e. The summed E-state index contributed by atoms with van der Waals surface area (Å²) in [5.74, 6) is -0.0453. The van der Waals surface area contributed by atoms with Crippen molar-refractivity contribution >= 4 is 34.8 Å². The second-order valence-corrected chi connectivity index (χ2v) is 9.13. The van der Waals surface area contributed by atoms with Gasteiger partial charge in [-0.1, -0.05) is 67.9 Å². The normalized spacial score (nSPS) is 18.4. The first kappa shape index (κ1) is 23.1. The molecular weight excluding hydrogens is 432 g/mol. The fourth-order valence-electron chi connectivity index (χ4n) is 4.56. The van der Waals surface area contributed by atoms with Crippen LogP contribution in [-0.2, 0) is 4.79 Å². The number of nitrogens with zero attached hydrogens (tertiary/aromatic N) is 2. The standard InChI is InChI=1S/C28H29ClN2O2/c1-4-19(2)27(32)30-20(3)17-26(24-15-8-9-16-25(24)30)31(23-13-6-5-7-14-23)28(33)21-11-10-12-22(29)18-21/h5-16,18-20,26H,4,17H2,1-3H3/t19-,20+,26+/m0/s1. The van der Waals surface area contributed by atoms with Crippen LogP contribution in [0, 0.1) is 5.92 Å². The molecule has 0 saturated heterocycles. The first-order chi connectivity index (χ1) is 15.9. The van der Waals surface area contributed by atoms with Gasteiger partial charge in [-0.25, -0.2) is 0 Å². The zero-order valence-corrected chi connectivity index (χ0v) is 20.0. The van der Waals surface area contributed by atoms with Gasteiger partial charge in [-0.3, -0.25) is 9.59 Å². The van der Waals surface area contributed by atoms with Gasteiger partial charge in [-0.15, -0.1) is 0 Å². The van der Waals surface area contributed by atoms with Crippen LogP contribution < -0.4 is 9.80 Å². The Morgan fingerprint density at radius 3 is 2.42 bits per heavy atom. The van der Waals surface area contributed by atoms with Crippen molar-refractivity contribution in [2.45, 2.75) is 45.7 Å². The van der Waals surface area contributed by atoms with Crippen molar-refractivity contribution in [2.24, 2.45) is 5.92 Å². The van der Waals surface area contributed by atoms with Crippen molar-refractivity contribution in [3.8, 4) is 0 Å². The molecule has 33 heavy (non-hydrogen) atoms. The quantitative estimate of drug-likeness (QED) is 0.415. The molecule has 0 unspecified atom stereocenters. The molecule has 170 valence electrons. The maximum absolute atomic E-state index is 13.9. The lowest BCUT2D eigenvalue weighted by Crippen LogP contribution is -2.49. The Hall–Kier alpha value is -3.11. The largest absolute Gasteiger partial charge is 0.309 e. The summed E-state index contributed by atoms with van der Waals surface area (Å²) in [6, 6.07) is 24.5. The van der Waals surface area contributed by atoms with E-state index in [0.29, 0.717) is 17.0 Å². The number of rotatable bonds is 5. The maximum atomic E-state index is 13.9. The molecule has 0 aromatic heterocycles. The van der Waals surface area contributed by atoms with Crippen LogP contribution in [0.1, 0.15) is 55.6 Å². The minimum Gasteiger partial charge on any atom is -0.309 e. The van der Waals surface area contributed by atoms with E-state index in [1.165, 1.54) is 0 Å². The molecular formula is C28H29ClN2O2. The van der Waals surface area contributed by atoms with E-state index in [1.807, 2.05) is 78.2 Å². The van der Waals surface area contributed by atoms with Gasteiger partial charge < -0.3 is 9.80 Å². The number of hydrogen-bond donors (Lipinski definition) is 0. The summed E-state index contributed by atoms with van der Waals surface area (Å²) in [6.45, 7) is 6.08. The van der Waals surface area contributed by atoms with Crippen molar-refractivity contribution in [2.75, 3.05) is 9.80 Å². The summed E-state index contributed by atoms with van der Waals surface area (Å²) in [7, 11) is 0. The number of carbonyl (C=O) groups is 2. The molecule has 0 N–H and O–H groups in total. The SMILES string of the molecule is CC[C@H](C)C(=O)N1c2ccccc2[C@H](N(C(=O)c2cccc(Cl)c2)c2ccccc2)C[C@H]1C. The van der Waals surface area contributed by atoms with Crippen LogP contribution in [0.15, 0.2) is 78.9 Å². The van der Waals surface area contributed by atoms with Crippen LogP contribution in [0.5, 0.6) is 0 Å². The molecule has 0 radical (unpaired) electrons. The molecule has 3 aromatic rings. The molecule has 0 aliphatic carbocycles. The summed E-state index contributed by atoms with van der Waals surface area (Å²) >= 11 is 6.21. The number of benzene rings is 3. The average molecular weight is 461 g/mol. The monoisotopic (exact) mass is 460 g/mol. The first-order valence-corrected chi connectivity index (χ1v) is 11.9. The van der Waals surface area contributed by atoms with Crippen molar-refractivity contribution in [1.82, 2.24) is 0 Å². The topological polar surface area (TPSA) is 40.6 Å². The predicted molar refractivity (Wildman–Crippen MR) is 135 cm³/mol. The van der Waals surface area contributed by atoms with E-state index in [4.69, 9.17) is 11.6 Å². The van der Waals surface area contributed by atoms with Crippen molar-refractivity contribution < 1.29 is 9.59 Å². The molecule has 1 aliphatic heterocycles. The number of fused-ring (bicyclic) bond motifs is 1.